The molecular formula is C19H17FN2O. The first-order valence-electron chi connectivity index (χ1n) is 7.59. The summed E-state index contributed by atoms with van der Waals surface area (Å²) in [5.41, 5.74) is -0.170. The number of alkyl halides is 1. The number of aromatic nitrogens is 1. The lowest BCUT2D eigenvalue weighted by Crippen LogP contribution is -2.33. The van der Waals surface area contributed by atoms with E-state index in [1.165, 1.54) is 0 Å². The van der Waals surface area contributed by atoms with Gasteiger partial charge in [0.1, 0.15) is 5.69 Å². The maximum atomic E-state index is 14.8. The zero-order valence-electron chi connectivity index (χ0n) is 12.7. The summed E-state index contributed by atoms with van der Waals surface area (Å²) in [7, 11) is 0. The van der Waals surface area contributed by atoms with Gasteiger partial charge in [-0.15, -0.1) is 0 Å². The first-order chi connectivity index (χ1) is 11.1. The van der Waals surface area contributed by atoms with Crippen LogP contribution in [0, 0.1) is 11.8 Å². The van der Waals surface area contributed by atoms with Crippen molar-refractivity contribution in [2.45, 2.75) is 18.5 Å². The third kappa shape index (κ3) is 3.95. The molecule has 1 aromatic heterocycles. The van der Waals surface area contributed by atoms with Gasteiger partial charge in [0.2, 0.25) is 5.91 Å². The molecule has 1 amide bonds. The molecule has 0 saturated carbocycles. The molecule has 1 aliphatic rings. The van der Waals surface area contributed by atoms with E-state index in [1.54, 1.807) is 23.2 Å². The Hall–Kier alpha value is -2.67. The van der Waals surface area contributed by atoms with E-state index >= 15 is 0 Å². The minimum absolute atomic E-state index is 0.0263. The fourth-order valence-electron chi connectivity index (χ4n) is 2.58. The second-order valence-electron chi connectivity index (χ2n) is 5.66. The van der Waals surface area contributed by atoms with Crippen molar-refractivity contribution in [3.8, 4) is 11.8 Å². The van der Waals surface area contributed by atoms with Crippen molar-refractivity contribution in [1.82, 2.24) is 9.88 Å². The second kappa shape index (κ2) is 6.62. The van der Waals surface area contributed by atoms with Gasteiger partial charge in [0.25, 0.3) is 0 Å². The molecule has 3 nitrogen and oxygen atoms in total. The van der Waals surface area contributed by atoms with E-state index in [1.807, 2.05) is 36.4 Å². The maximum Gasteiger partial charge on any atom is 0.227 e. The number of carbonyl (C=O) groups is 1. The molecule has 2 heterocycles. The average Bonchev–Trinajstić information content (AvgIpc) is 2.98. The van der Waals surface area contributed by atoms with E-state index in [0.717, 1.165) is 5.56 Å². The zero-order valence-corrected chi connectivity index (χ0v) is 12.7. The fourth-order valence-corrected chi connectivity index (χ4v) is 2.58. The molecule has 0 aliphatic carbocycles. The highest BCUT2D eigenvalue weighted by atomic mass is 19.1. The highest BCUT2D eigenvalue weighted by molar-refractivity contribution is 5.79. The lowest BCUT2D eigenvalue weighted by molar-refractivity contribution is -0.129. The number of hydrogen-bond acceptors (Lipinski definition) is 2. The summed E-state index contributed by atoms with van der Waals surface area (Å²) in [5.74, 6) is 5.35. The highest BCUT2D eigenvalue weighted by Crippen LogP contribution is 2.25. The van der Waals surface area contributed by atoms with E-state index in [-0.39, 0.29) is 18.9 Å². The quantitative estimate of drug-likeness (QED) is 0.799. The van der Waals surface area contributed by atoms with Crippen LogP contribution in [0.1, 0.15) is 17.7 Å². The monoisotopic (exact) mass is 308 g/mol. The van der Waals surface area contributed by atoms with Gasteiger partial charge < -0.3 is 4.90 Å². The number of carbonyl (C=O) groups excluding carboxylic acids is 1. The summed E-state index contributed by atoms with van der Waals surface area (Å²) in [6.45, 7) is 0.428. The van der Waals surface area contributed by atoms with E-state index in [2.05, 4.69) is 16.8 Å². The number of hydrogen-bond donors (Lipinski definition) is 0. The zero-order chi connectivity index (χ0) is 16.1. The smallest absolute Gasteiger partial charge is 0.227 e. The van der Waals surface area contributed by atoms with Gasteiger partial charge in [-0.25, -0.2) is 9.37 Å². The van der Waals surface area contributed by atoms with Crippen molar-refractivity contribution in [3.63, 3.8) is 0 Å². The van der Waals surface area contributed by atoms with Gasteiger partial charge >= 0.3 is 0 Å². The topological polar surface area (TPSA) is 33.2 Å². The first kappa shape index (κ1) is 15.2. The van der Waals surface area contributed by atoms with Crippen LogP contribution in [-0.2, 0) is 11.2 Å². The summed E-state index contributed by atoms with van der Waals surface area (Å²) < 4.78 is 14.8. The molecule has 0 bridgehead atoms. The average molecular weight is 308 g/mol. The summed E-state index contributed by atoms with van der Waals surface area (Å²) in [6.07, 6.45) is 2.16. The molecule has 3 rings (SSSR count). The molecule has 1 atom stereocenters. The van der Waals surface area contributed by atoms with E-state index in [4.69, 9.17) is 0 Å². The van der Waals surface area contributed by atoms with Crippen LogP contribution in [0.5, 0.6) is 0 Å². The van der Waals surface area contributed by atoms with Crippen LogP contribution in [0.15, 0.2) is 54.7 Å². The van der Waals surface area contributed by atoms with Gasteiger partial charge in [-0.2, -0.15) is 0 Å². The molecule has 1 aliphatic heterocycles. The van der Waals surface area contributed by atoms with Crippen LogP contribution in [-0.4, -0.2) is 34.5 Å². The molecule has 0 radical (unpaired) electrons. The Balaban J connectivity index is 1.63. The Morgan fingerprint density at radius 2 is 2.00 bits per heavy atom. The van der Waals surface area contributed by atoms with Crippen LogP contribution < -0.4 is 0 Å². The normalized spacial score (nSPS) is 20.0. The lowest BCUT2D eigenvalue weighted by Gasteiger charge is -2.17. The fraction of sp³-hybridized carbons (Fsp3) is 0.263. The number of rotatable bonds is 2. The van der Waals surface area contributed by atoms with Gasteiger partial charge in [-0.1, -0.05) is 42.3 Å². The number of amides is 1. The summed E-state index contributed by atoms with van der Waals surface area (Å²) >= 11 is 0. The lowest BCUT2D eigenvalue weighted by atomic mass is 10.1. The van der Waals surface area contributed by atoms with Crippen molar-refractivity contribution >= 4 is 5.91 Å². The summed E-state index contributed by atoms with van der Waals surface area (Å²) in [6, 6.07) is 14.8. The van der Waals surface area contributed by atoms with Crippen LogP contribution in [0.4, 0.5) is 4.39 Å². The Labute approximate surface area is 135 Å². The maximum absolute atomic E-state index is 14.8. The standard InChI is InChI=1S/C19H17FN2O/c20-19(10-9-17-8-4-5-12-21-17)11-13-22(15-19)18(23)14-16-6-2-1-3-7-16/h1-8,12H,11,13-15H2. The first-order valence-corrected chi connectivity index (χ1v) is 7.59. The SMILES string of the molecule is O=C(Cc1ccccc1)N1CCC(F)(C#Cc2ccccn2)C1. The third-order valence-corrected chi connectivity index (χ3v) is 3.85. The Morgan fingerprint density at radius 3 is 2.74 bits per heavy atom. The summed E-state index contributed by atoms with van der Waals surface area (Å²) in [5, 5.41) is 0. The van der Waals surface area contributed by atoms with Crippen molar-refractivity contribution in [2.75, 3.05) is 13.1 Å². The summed E-state index contributed by atoms with van der Waals surface area (Å²) in [4.78, 5) is 17.9. The van der Waals surface area contributed by atoms with E-state index in [9.17, 15) is 9.18 Å². The molecule has 2 aromatic rings. The molecule has 1 aromatic carbocycles. The molecular weight excluding hydrogens is 291 g/mol. The number of likely N-dealkylation sites (tertiary alicyclic amines) is 1. The predicted molar refractivity (Wildman–Crippen MR) is 86.3 cm³/mol. The number of pyridine rings is 1. The van der Waals surface area contributed by atoms with Crippen LogP contribution in [0.3, 0.4) is 0 Å². The third-order valence-electron chi connectivity index (χ3n) is 3.85. The largest absolute Gasteiger partial charge is 0.338 e. The molecule has 4 heteroatoms. The minimum Gasteiger partial charge on any atom is -0.338 e. The molecule has 0 N–H and O–H groups in total. The van der Waals surface area contributed by atoms with Gasteiger partial charge in [0.05, 0.1) is 13.0 Å². The Morgan fingerprint density at radius 1 is 1.22 bits per heavy atom. The molecule has 1 unspecified atom stereocenters. The second-order valence-corrected chi connectivity index (χ2v) is 5.66. The van der Waals surface area contributed by atoms with Crippen molar-refractivity contribution in [1.29, 1.82) is 0 Å². The van der Waals surface area contributed by atoms with Crippen molar-refractivity contribution in [2.24, 2.45) is 0 Å². The van der Waals surface area contributed by atoms with Crippen molar-refractivity contribution < 1.29 is 9.18 Å². The molecule has 23 heavy (non-hydrogen) atoms. The van der Waals surface area contributed by atoms with Gasteiger partial charge in [0, 0.05) is 19.2 Å². The van der Waals surface area contributed by atoms with Gasteiger partial charge in [0.15, 0.2) is 5.67 Å². The number of nitrogens with zero attached hydrogens (tertiary/aromatic N) is 2. The molecule has 0 spiro atoms. The molecule has 1 fully saturated rings. The van der Waals surface area contributed by atoms with E-state index < -0.39 is 5.67 Å². The predicted octanol–water partition coefficient (Wildman–Crippen LogP) is 2.62. The molecule has 116 valence electrons. The van der Waals surface area contributed by atoms with Crippen LogP contribution in [0.2, 0.25) is 0 Å². The Bertz CT molecular complexity index is 736. The minimum atomic E-state index is -1.65. The Kier molecular flexibility index (Phi) is 4.38. The van der Waals surface area contributed by atoms with Gasteiger partial charge in [-0.05, 0) is 23.6 Å². The highest BCUT2D eigenvalue weighted by Gasteiger charge is 2.38. The van der Waals surface area contributed by atoms with E-state index in [0.29, 0.717) is 18.7 Å². The van der Waals surface area contributed by atoms with Crippen LogP contribution in [0.25, 0.3) is 0 Å². The van der Waals surface area contributed by atoms with Gasteiger partial charge in [-0.3, -0.25) is 4.79 Å². The number of halogens is 1. The molecule has 1 saturated heterocycles. The van der Waals surface area contributed by atoms with Crippen LogP contribution >= 0.6 is 0 Å². The van der Waals surface area contributed by atoms with Crippen molar-refractivity contribution in [3.05, 3.63) is 66.0 Å². The number of benzene rings is 1.